The van der Waals surface area contributed by atoms with Gasteiger partial charge in [0.05, 0.1) is 6.10 Å². The van der Waals surface area contributed by atoms with Crippen molar-refractivity contribution < 1.29 is 5.11 Å². The molecule has 0 saturated heterocycles. The Morgan fingerprint density at radius 1 is 1.50 bits per heavy atom. The summed E-state index contributed by atoms with van der Waals surface area (Å²) in [5, 5.41) is 9.68. The minimum absolute atomic E-state index is 0.00643. The molecule has 0 aromatic carbocycles. The monoisotopic (exact) mass is 199 g/mol. The van der Waals surface area contributed by atoms with Crippen molar-refractivity contribution in [3.05, 3.63) is 0 Å². The first kappa shape index (κ1) is 12.0. The van der Waals surface area contributed by atoms with Crippen molar-refractivity contribution in [3.63, 3.8) is 0 Å². The van der Waals surface area contributed by atoms with Crippen LogP contribution < -0.4 is 5.73 Å². The molecule has 4 atom stereocenters. The van der Waals surface area contributed by atoms with Gasteiger partial charge in [0, 0.05) is 6.04 Å². The maximum Gasteiger partial charge on any atom is 0.0694 e. The average molecular weight is 199 g/mol. The number of nitrogens with two attached hydrogens (primary N) is 1. The van der Waals surface area contributed by atoms with Crippen molar-refractivity contribution in [2.75, 3.05) is 0 Å². The van der Waals surface area contributed by atoms with Crippen LogP contribution >= 0.6 is 0 Å². The Bertz CT molecular complexity index is 183. The van der Waals surface area contributed by atoms with Crippen LogP contribution in [-0.2, 0) is 0 Å². The number of rotatable bonds is 3. The van der Waals surface area contributed by atoms with Gasteiger partial charge in [-0.25, -0.2) is 0 Å². The first-order chi connectivity index (χ1) is 6.49. The maximum absolute atomic E-state index is 9.68. The highest BCUT2D eigenvalue weighted by Gasteiger charge is 2.39. The van der Waals surface area contributed by atoms with E-state index < -0.39 is 0 Å². The predicted octanol–water partition coefficient (Wildman–Crippen LogP) is 2.30. The van der Waals surface area contributed by atoms with Crippen LogP contribution in [0.4, 0.5) is 0 Å². The number of aliphatic hydroxyl groups excluding tert-OH is 1. The van der Waals surface area contributed by atoms with E-state index in [1.165, 1.54) is 19.3 Å². The molecule has 1 aliphatic rings. The van der Waals surface area contributed by atoms with Gasteiger partial charge in [-0.15, -0.1) is 0 Å². The molecule has 0 radical (unpaired) electrons. The molecule has 1 saturated carbocycles. The van der Waals surface area contributed by atoms with E-state index in [2.05, 4.69) is 20.8 Å². The summed E-state index contributed by atoms with van der Waals surface area (Å²) in [6.45, 7) is 6.81. The van der Waals surface area contributed by atoms with Crippen LogP contribution in [0.3, 0.4) is 0 Å². The smallest absolute Gasteiger partial charge is 0.0694 e. The van der Waals surface area contributed by atoms with Gasteiger partial charge in [0.25, 0.3) is 0 Å². The molecule has 3 N–H and O–H groups in total. The number of hydrogen-bond acceptors (Lipinski definition) is 2. The van der Waals surface area contributed by atoms with Crippen LogP contribution in [0.25, 0.3) is 0 Å². The molecule has 14 heavy (non-hydrogen) atoms. The second-order valence-corrected chi connectivity index (χ2v) is 5.33. The van der Waals surface area contributed by atoms with Gasteiger partial charge in [-0.1, -0.05) is 33.6 Å². The van der Waals surface area contributed by atoms with Gasteiger partial charge >= 0.3 is 0 Å². The molecular formula is C12H25NO. The highest BCUT2D eigenvalue weighted by atomic mass is 16.3. The number of hydrogen-bond donors (Lipinski definition) is 2. The standard InChI is InChI=1S/C12H25NO/c1-4-5-6-12(3)8-10(13)11(14)7-9(12)2/h9-11,14H,4-8,13H2,1-3H3/t9?,10-,11-,12+/m1/s1. The molecule has 0 spiro atoms. The Hall–Kier alpha value is -0.0800. The zero-order chi connectivity index (χ0) is 10.8. The molecule has 1 unspecified atom stereocenters. The van der Waals surface area contributed by atoms with Crippen molar-refractivity contribution >= 4 is 0 Å². The topological polar surface area (TPSA) is 46.2 Å². The van der Waals surface area contributed by atoms with Crippen molar-refractivity contribution in [3.8, 4) is 0 Å². The van der Waals surface area contributed by atoms with Crippen molar-refractivity contribution in [2.45, 2.75) is 65.0 Å². The lowest BCUT2D eigenvalue weighted by atomic mass is 9.63. The molecule has 0 heterocycles. The second-order valence-electron chi connectivity index (χ2n) is 5.33. The number of unbranched alkanes of at least 4 members (excludes halogenated alkanes) is 1. The summed E-state index contributed by atoms with van der Waals surface area (Å²) in [7, 11) is 0. The fourth-order valence-corrected chi connectivity index (χ4v) is 2.63. The first-order valence-corrected chi connectivity index (χ1v) is 5.93. The third kappa shape index (κ3) is 2.48. The summed E-state index contributed by atoms with van der Waals surface area (Å²) in [6, 6.07) is -0.00643. The van der Waals surface area contributed by atoms with Crippen LogP contribution in [0, 0.1) is 11.3 Å². The van der Waals surface area contributed by atoms with Gasteiger partial charge in [-0.05, 0) is 30.6 Å². The lowest BCUT2D eigenvalue weighted by Crippen LogP contribution is -2.48. The van der Waals surface area contributed by atoms with Gasteiger partial charge < -0.3 is 10.8 Å². The summed E-state index contributed by atoms with van der Waals surface area (Å²) in [5.41, 5.74) is 6.29. The molecule has 1 fully saturated rings. The van der Waals surface area contributed by atoms with Crippen LogP contribution in [0.15, 0.2) is 0 Å². The minimum atomic E-state index is -0.278. The van der Waals surface area contributed by atoms with E-state index in [0.717, 1.165) is 12.8 Å². The van der Waals surface area contributed by atoms with Crippen molar-refractivity contribution in [2.24, 2.45) is 17.1 Å². The average Bonchev–Trinajstić information content (AvgIpc) is 2.12. The molecule has 84 valence electrons. The van der Waals surface area contributed by atoms with Crippen LogP contribution in [0.1, 0.15) is 52.9 Å². The fraction of sp³-hybridized carbons (Fsp3) is 1.00. The highest BCUT2D eigenvalue weighted by Crippen LogP contribution is 2.44. The van der Waals surface area contributed by atoms with Gasteiger partial charge in [-0.2, -0.15) is 0 Å². The van der Waals surface area contributed by atoms with Gasteiger partial charge in [0.1, 0.15) is 0 Å². The Kier molecular flexibility index (Phi) is 3.96. The van der Waals surface area contributed by atoms with Crippen molar-refractivity contribution in [1.29, 1.82) is 0 Å². The Morgan fingerprint density at radius 2 is 2.14 bits per heavy atom. The highest BCUT2D eigenvalue weighted by molar-refractivity contribution is 4.93. The largest absolute Gasteiger partial charge is 0.392 e. The molecular weight excluding hydrogens is 174 g/mol. The normalized spacial score (nSPS) is 43.9. The summed E-state index contributed by atoms with van der Waals surface area (Å²) in [5.74, 6) is 0.601. The van der Waals surface area contributed by atoms with Crippen LogP contribution in [-0.4, -0.2) is 17.3 Å². The van der Waals surface area contributed by atoms with E-state index in [0.29, 0.717) is 11.3 Å². The SMILES string of the molecule is CCCC[C@@]1(C)C[C@@H](N)[C@H](O)CC1C. The van der Waals surface area contributed by atoms with Crippen LogP contribution in [0.5, 0.6) is 0 Å². The summed E-state index contributed by atoms with van der Waals surface area (Å²) in [6.07, 6.45) is 5.37. The molecule has 0 aromatic rings. The molecule has 0 aliphatic heterocycles. The third-order valence-corrected chi connectivity index (χ3v) is 4.08. The lowest BCUT2D eigenvalue weighted by Gasteiger charge is -2.44. The van der Waals surface area contributed by atoms with E-state index in [4.69, 9.17) is 5.73 Å². The molecule has 0 amide bonds. The van der Waals surface area contributed by atoms with E-state index >= 15 is 0 Å². The molecule has 1 rings (SSSR count). The Labute approximate surface area is 87.9 Å². The Morgan fingerprint density at radius 3 is 2.71 bits per heavy atom. The molecule has 0 aromatic heterocycles. The third-order valence-electron chi connectivity index (χ3n) is 4.08. The summed E-state index contributed by atoms with van der Waals surface area (Å²) >= 11 is 0. The van der Waals surface area contributed by atoms with E-state index in [-0.39, 0.29) is 12.1 Å². The zero-order valence-corrected chi connectivity index (χ0v) is 9.79. The van der Waals surface area contributed by atoms with E-state index in [1.54, 1.807) is 0 Å². The summed E-state index contributed by atoms with van der Waals surface area (Å²) < 4.78 is 0. The van der Waals surface area contributed by atoms with Crippen LogP contribution in [0.2, 0.25) is 0 Å². The molecule has 1 aliphatic carbocycles. The predicted molar refractivity (Wildman–Crippen MR) is 60.0 cm³/mol. The molecule has 2 nitrogen and oxygen atoms in total. The summed E-state index contributed by atoms with van der Waals surface area (Å²) in [4.78, 5) is 0. The zero-order valence-electron chi connectivity index (χ0n) is 9.79. The minimum Gasteiger partial charge on any atom is -0.392 e. The Balaban J connectivity index is 2.58. The quantitative estimate of drug-likeness (QED) is 0.732. The first-order valence-electron chi connectivity index (χ1n) is 5.93. The second kappa shape index (κ2) is 4.63. The van der Waals surface area contributed by atoms with Crippen molar-refractivity contribution in [1.82, 2.24) is 0 Å². The van der Waals surface area contributed by atoms with Gasteiger partial charge in [0.2, 0.25) is 0 Å². The van der Waals surface area contributed by atoms with Gasteiger partial charge in [0.15, 0.2) is 0 Å². The number of aliphatic hydroxyl groups is 1. The fourth-order valence-electron chi connectivity index (χ4n) is 2.63. The van der Waals surface area contributed by atoms with E-state index in [9.17, 15) is 5.11 Å². The maximum atomic E-state index is 9.68. The lowest BCUT2D eigenvalue weighted by molar-refractivity contribution is 0.00385. The molecule has 2 heteroatoms. The molecule has 0 bridgehead atoms. The van der Waals surface area contributed by atoms with E-state index in [1.807, 2.05) is 0 Å². The van der Waals surface area contributed by atoms with Gasteiger partial charge in [-0.3, -0.25) is 0 Å².